The Hall–Kier alpha value is -3.03. The first kappa shape index (κ1) is 20.3. The lowest BCUT2D eigenvalue weighted by atomic mass is 10.1. The third-order valence-electron chi connectivity index (χ3n) is 3.95. The number of rotatable bonds is 2. The maximum absolute atomic E-state index is 9.04. The predicted molar refractivity (Wildman–Crippen MR) is 119 cm³/mol. The minimum absolute atomic E-state index is 0.285. The number of hydrogen-bond acceptors (Lipinski definition) is 1. The third kappa shape index (κ3) is 6.65. The molecule has 0 fully saturated rings. The number of para-hydroxylation sites is 1. The van der Waals surface area contributed by atoms with Crippen LogP contribution in [0.2, 0.25) is 5.02 Å². The van der Waals surface area contributed by atoms with Crippen LogP contribution in [-0.2, 0) is 6.42 Å². The lowest BCUT2D eigenvalue weighted by Crippen LogP contribution is -1.76. The van der Waals surface area contributed by atoms with Gasteiger partial charge in [0.2, 0.25) is 0 Å². The van der Waals surface area contributed by atoms with E-state index in [1.807, 2.05) is 36.4 Å². The fourth-order valence-corrected chi connectivity index (χ4v) is 2.58. The van der Waals surface area contributed by atoms with Gasteiger partial charge in [-0.05, 0) is 41.3 Å². The van der Waals surface area contributed by atoms with Crippen LogP contribution in [0.15, 0.2) is 92.0 Å². The number of hydrogen-bond donors (Lipinski definition) is 1. The SMILES string of the molecule is C1=Cc2ccccc2C1.C=Cc1ccc(Cl)cc1.C=Cc1ccccc1O. The minimum atomic E-state index is 0.285. The molecule has 0 radical (unpaired) electrons. The molecular formula is C25H23ClO. The Morgan fingerprint density at radius 3 is 2.07 bits per heavy atom. The van der Waals surface area contributed by atoms with E-state index in [0.29, 0.717) is 0 Å². The fourth-order valence-electron chi connectivity index (χ4n) is 2.45. The van der Waals surface area contributed by atoms with Crippen LogP contribution < -0.4 is 0 Å². The van der Waals surface area contributed by atoms with Crippen LogP contribution in [0.5, 0.6) is 5.75 Å². The van der Waals surface area contributed by atoms with Gasteiger partial charge in [0.25, 0.3) is 0 Å². The summed E-state index contributed by atoms with van der Waals surface area (Å²) in [6.07, 6.45) is 8.90. The summed E-state index contributed by atoms with van der Waals surface area (Å²) in [5, 5.41) is 9.80. The first-order valence-corrected chi connectivity index (χ1v) is 9.04. The van der Waals surface area contributed by atoms with Gasteiger partial charge in [-0.2, -0.15) is 0 Å². The molecule has 1 N–H and O–H groups in total. The van der Waals surface area contributed by atoms with Crippen molar-refractivity contribution in [3.63, 3.8) is 0 Å². The van der Waals surface area contributed by atoms with Gasteiger partial charge in [0.1, 0.15) is 5.75 Å². The summed E-state index contributed by atoms with van der Waals surface area (Å²) in [7, 11) is 0. The van der Waals surface area contributed by atoms with Crippen LogP contribution in [0, 0.1) is 0 Å². The topological polar surface area (TPSA) is 20.2 Å². The smallest absolute Gasteiger partial charge is 0.122 e. The molecule has 0 saturated carbocycles. The molecule has 0 atom stereocenters. The molecule has 1 nitrogen and oxygen atoms in total. The van der Waals surface area contributed by atoms with E-state index in [1.165, 1.54) is 11.1 Å². The van der Waals surface area contributed by atoms with E-state index in [2.05, 4.69) is 49.6 Å². The molecular weight excluding hydrogens is 352 g/mol. The molecule has 4 rings (SSSR count). The molecule has 0 unspecified atom stereocenters. The zero-order chi connectivity index (χ0) is 19.5. The van der Waals surface area contributed by atoms with Crippen molar-refractivity contribution in [1.82, 2.24) is 0 Å². The monoisotopic (exact) mass is 374 g/mol. The van der Waals surface area contributed by atoms with E-state index in [-0.39, 0.29) is 5.75 Å². The number of halogens is 1. The van der Waals surface area contributed by atoms with Gasteiger partial charge in [-0.3, -0.25) is 0 Å². The minimum Gasteiger partial charge on any atom is -0.507 e. The second-order valence-corrected chi connectivity index (χ2v) is 6.26. The molecule has 27 heavy (non-hydrogen) atoms. The highest BCUT2D eigenvalue weighted by atomic mass is 35.5. The molecule has 0 saturated heterocycles. The predicted octanol–water partition coefficient (Wildman–Crippen LogP) is 7.27. The van der Waals surface area contributed by atoms with Gasteiger partial charge in [0.15, 0.2) is 0 Å². The Kier molecular flexibility index (Phi) is 8.15. The Labute approximate surface area is 166 Å². The first-order valence-electron chi connectivity index (χ1n) is 8.67. The summed E-state index contributed by atoms with van der Waals surface area (Å²) < 4.78 is 0. The van der Waals surface area contributed by atoms with Crippen molar-refractivity contribution in [3.8, 4) is 5.75 Å². The van der Waals surface area contributed by atoms with E-state index in [1.54, 1.807) is 24.3 Å². The van der Waals surface area contributed by atoms with Gasteiger partial charge in [-0.15, -0.1) is 0 Å². The molecule has 1 aliphatic carbocycles. The van der Waals surface area contributed by atoms with E-state index in [4.69, 9.17) is 16.7 Å². The van der Waals surface area contributed by atoms with Crippen molar-refractivity contribution < 1.29 is 5.11 Å². The number of fused-ring (bicyclic) bond motifs is 1. The van der Waals surface area contributed by atoms with Crippen molar-refractivity contribution in [2.75, 3.05) is 0 Å². The van der Waals surface area contributed by atoms with Crippen molar-refractivity contribution >= 4 is 29.8 Å². The second-order valence-electron chi connectivity index (χ2n) is 5.82. The summed E-state index contributed by atoms with van der Waals surface area (Å²) >= 11 is 5.63. The van der Waals surface area contributed by atoms with Crippen LogP contribution in [0.4, 0.5) is 0 Å². The Morgan fingerprint density at radius 1 is 0.815 bits per heavy atom. The molecule has 0 aromatic heterocycles. The van der Waals surface area contributed by atoms with E-state index in [0.717, 1.165) is 22.6 Å². The standard InChI is InChI=1S/C9H8.C8H7Cl.C8H8O/c1-2-5-9-7-3-6-8(9)4-1;1-2-7-3-5-8(9)6-4-7;1-2-7-5-3-4-6-8(7)9/h1-6H,7H2;2-6H,1H2;2-6,9H,1H2. The van der Waals surface area contributed by atoms with Crippen LogP contribution in [0.1, 0.15) is 22.3 Å². The van der Waals surface area contributed by atoms with Gasteiger partial charge in [-0.1, -0.05) is 104 Å². The molecule has 3 aromatic rings. The summed E-state index contributed by atoms with van der Waals surface area (Å²) in [6.45, 7) is 7.15. The number of phenolic OH excluding ortho intramolecular Hbond substituents is 1. The number of phenols is 1. The van der Waals surface area contributed by atoms with Gasteiger partial charge in [-0.25, -0.2) is 0 Å². The quantitative estimate of drug-likeness (QED) is 0.499. The van der Waals surface area contributed by atoms with Gasteiger partial charge in [0, 0.05) is 10.6 Å². The van der Waals surface area contributed by atoms with E-state index < -0.39 is 0 Å². The zero-order valence-corrected chi connectivity index (χ0v) is 15.9. The maximum Gasteiger partial charge on any atom is 0.122 e. The van der Waals surface area contributed by atoms with Gasteiger partial charge in [0.05, 0.1) is 0 Å². The largest absolute Gasteiger partial charge is 0.507 e. The number of aromatic hydroxyl groups is 1. The Balaban J connectivity index is 0.000000145. The van der Waals surface area contributed by atoms with Crippen molar-refractivity contribution in [2.45, 2.75) is 6.42 Å². The van der Waals surface area contributed by atoms with Gasteiger partial charge < -0.3 is 5.11 Å². The fraction of sp³-hybridized carbons (Fsp3) is 0.0400. The molecule has 0 spiro atoms. The molecule has 2 heteroatoms. The highest BCUT2D eigenvalue weighted by molar-refractivity contribution is 6.30. The molecule has 3 aromatic carbocycles. The normalized spacial score (nSPS) is 10.6. The lowest BCUT2D eigenvalue weighted by molar-refractivity contribution is 0.474. The van der Waals surface area contributed by atoms with Crippen LogP contribution in [0.3, 0.4) is 0 Å². The molecule has 0 amide bonds. The zero-order valence-electron chi connectivity index (χ0n) is 15.2. The average Bonchev–Trinajstić information content (AvgIpc) is 3.19. The lowest BCUT2D eigenvalue weighted by Gasteiger charge is -1.93. The first-order chi connectivity index (χ1) is 13.1. The third-order valence-corrected chi connectivity index (χ3v) is 4.20. The molecule has 0 heterocycles. The second kappa shape index (κ2) is 10.8. The van der Waals surface area contributed by atoms with Crippen LogP contribution in [-0.4, -0.2) is 5.11 Å². The van der Waals surface area contributed by atoms with E-state index in [9.17, 15) is 0 Å². The van der Waals surface area contributed by atoms with E-state index >= 15 is 0 Å². The summed E-state index contributed by atoms with van der Waals surface area (Å²) in [5.74, 6) is 0.285. The van der Waals surface area contributed by atoms with Crippen LogP contribution in [0.25, 0.3) is 18.2 Å². The molecule has 1 aliphatic rings. The average molecular weight is 375 g/mol. The highest BCUT2D eigenvalue weighted by Gasteiger charge is 2.00. The molecule has 136 valence electrons. The summed E-state index contributed by atoms with van der Waals surface area (Å²) in [5.41, 5.74) is 4.71. The number of benzene rings is 3. The highest BCUT2D eigenvalue weighted by Crippen LogP contribution is 2.17. The molecule has 0 bridgehead atoms. The van der Waals surface area contributed by atoms with Gasteiger partial charge >= 0.3 is 0 Å². The molecule has 0 aliphatic heterocycles. The number of allylic oxidation sites excluding steroid dienone is 1. The Bertz CT molecular complexity index is 902. The van der Waals surface area contributed by atoms with Crippen molar-refractivity contribution in [2.24, 2.45) is 0 Å². The van der Waals surface area contributed by atoms with Crippen molar-refractivity contribution in [3.05, 3.63) is 119 Å². The van der Waals surface area contributed by atoms with Crippen LogP contribution >= 0.6 is 11.6 Å². The van der Waals surface area contributed by atoms with Crippen molar-refractivity contribution in [1.29, 1.82) is 0 Å². The summed E-state index contributed by atoms with van der Waals surface area (Å²) in [4.78, 5) is 0. The summed E-state index contributed by atoms with van der Waals surface area (Å²) in [6, 6.07) is 23.1. The Morgan fingerprint density at radius 2 is 1.48 bits per heavy atom. The maximum atomic E-state index is 9.04.